The number of benzene rings is 2. The number of rotatable bonds is 7. The fourth-order valence-corrected chi connectivity index (χ4v) is 4.15. The average Bonchev–Trinajstić information content (AvgIpc) is 3.36. The van der Waals surface area contributed by atoms with Crippen molar-refractivity contribution in [2.45, 2.75) is 30.8 Å². The molecule has 1 saturated heterocycles. The number of β-amino-alcohol motifs (C(OH)–C–C–N with tert-alkyl or cyclic N) is 1. The molecule has 2 aromatic carbocycles. The van der Waals surface area contributed by atoms with Crippen molar-refractivity contribution >= 4 is 17.5 Å². The number of aliphatic hydroxyl groups is 1. The second-order valence-corrected chi connectivity index (χ2v) is 8.12. The molecule has 1 aliphatic carbocycles. The van der Waals surface area contributed by atoms with E-state index in [-0.39, 0.29) is 17.4 Å². The lowest BCUT2D eigenvalue weighted by Gasteiger charge is -2.23. The molecule has 151 valence electrons. The van der Waals surface area contributed by atoms with E-state index < -0.39 is 5.91 Å². The van der Waals surface area contributed by atoms with Gasteiger partial charge in [-0.2, -0.15) is 0 Å². The van der Waals surface area contributed by atoms with Crippen LogP contribution < -0.4 is 11.1 Å². The molecule has 2 aromatic rings. The maximum Gasteiger partial charge on any atom is 0.249 e. The smallest absolute Gasteiger partial charge is 0.249 e. The van der Waals surface area contributed by atoms with Crippen molar-refractivity contribution < 1.29 is 14.7 Å². The third-order valence-corrected chi connectivity index (χ3v) is 5.90. The van der Waals surface area contributed by atoms with E-state index in [0.717, 1.165) is 38.9 Å². The van der Waals surface area contributed by atoms with Crippen LogP contribution in [0.4, 0.5) is 5.69 Å². The van der Waals surface area contributed by atoms with Crippen molar-refractivity contribution in [2.24, 2.45) is 5.73 Å². The predicted octanol–water partition coefficient (Wildman–Crippen LogP) is 2.07. The zero-order valence-electron chi connectivity index (χ0n) is 16.3. The summed E-state index contributed by atoms with van der Waals surface area (Å²) < 4.78 is 0. The summed E-state index contributed by atoms with van der Waals surface area (Å²) in [6.07, 6.45) is 4.36. The first-order valence-electron chi connectivity index (χ1n) is 10.0. The lowest BCUT2D eigenvalue weighted by Crippen LogP contribution is -2.31. The Bertz CT molecular complexity index is 906. The Balaban J connectivity index is 1.37. The summed E-state index contributed by atoms with van der Waals surface area (Å²) in [5, 5.41) is 12.6. The molecule has 1 aliphatic heterocycles. The highest BCUT2D eigenvalue weighted by Gasteiger charge is 2.46. The van der Waals surface area contributed by atoms with Crippen LogP contribution in [0.15, 0.2) is 48.5 Å². The lowest BCUT2D eigenvalue weighted by molar-refractivity contribution is -0.112. The molecule has 2 amide bonds. The van der Waals surface area contributed by atoms with Crippen LogP contribution in [-0.2, 0) is 10.2 Å². The summed E-state index contributed by atoms with van der Waals surface area (Å²) in [4.78, 5) is 26.2. The van der Waals surface area contributed by atoms with Crippen LogP contribution in [0, 0.1) is 6.42 Å². The molecule has 4 N–H and O–H groups in total. The standard InChI is InChI=1S/C23H26N3O3/c24-22(29)20-4-2-1-3-16(20)13-21(28)25-18-7-5-17(6-8-18)23(10-11-23)15-26-12-9-19(27)14-26/h1-8,13,19,27H,9-12,14-15H2,(H2,24,29)(H,25,28)/t19-/m1/s1. The highest BCUT2D eigenvalue weighted by molar-refractivity contribution is 6.03. The highest BCUT2D eigenvalue weighted by atomic mass is 16.3. The van der Waals surface area contributed by atoms with Crippen molar-refractivity contribution in [1.29, 1.82) is 0 Å². The minimum atomic E-state index is -0.561. The van der Waals surface area contributed by atoms with Gasteiger partial charge in [0.25, 0.3) is 0 Å². The molecule has 1 saturated carbocycles. The number of anilines is 1. The largest absolute Gasteiger partial charge is 0.392 e. The molecule has 1 radical (unpaired) electrons. The number of hydrogen-bond acceptors (Lipinski definition) is 4. The second-order valence-electron chi connectivity index (χ2n) is 8.12. The highest BCUT2D eigenvalue weighted by Crippen LogP contribution is 2.49. The monoisotopic (exact) mass is 392 g/mol. The Morgan fingerprint density at radius 3 is 2.52 bits per heavy atom. The van der Waals surface area contributed by atoms with Crippen LogP contribution in [0.5, 0.6) is 0 Å². The number of primary amides is 1. The fourth-order valence-electron chi connectivity index (χ4n) is 4.15. The number of carbonyl (C=O) groups excluding carboxylic acids is 2. The van der Waals surface area contributed by atoms with Crippen molar-refractivity contribution in [3.63, 3.8) is 0 Å². The van der Waals surface area contributed by atoms with Gasteiger partial charge < -0.3 is 16.2 Å². The van der Waals surface area contributed by atoms with Gasteiger partial charge in [-0.15, -0.1) is 0 Å². The molecule has 6 nitrogen and oxygen atoms in total. The number of nitrogens with one attached hydrogen (secondary N) is 1. The zero-order valence-corrected chi connectivity index (χ0v) is 16.3. The topological polar surface area (TPSA) is 95.7 Å². The third kappa shape index (κ3) is 4.49. The van der Waals surface area contributed by atoms with Crippen molar-refractivity contribution in [1.82, 2.24) is 4.90 Å². The van der Waals surface area contributed by atoms with Crippen LogP contribution in [0.2, 0.25) is 0 Å². The maximum atomic E-state index is 12.4. The lowest BCUT2D eigenvalue weighted by atomic mass is 9.95. The second kappa shape index (κ2) is 7.97. The first-order valence-corrected chi connectivity index (χ1v) is 10.0. The van der Waals surface area contributed by atoms with Gasteiger partial charge >= 0.3 is 0 Å². The first kappa shape index (κ1) is 19.6. The van der Waals surface area contributed by atoms with Gasteiger partial charge in [0.15, 0.2) is 0 Å². The van der Waals surface area contributed by atoms with Gasteiger partial charge in [0.05, 0.1) is 12.5 Å². The van der Waals surface area contributed by atoms with Crippen LogP contribution >= 0.6 is 0 Å². The van der Waals surface area contributed by atoms with Crippen molar-refractivity contribution in [3.8, 4) is 0 Å². The molecule has 2 aliphatic rings. The van der Waals surface area contributed by atoms with Gasteiger partial charge in [-0.3, -0.25) is 14.5 Å². The molecule has 29 heavy (non-hydrogen) atoms. The summed E-state index contributed by atoms with van der Waals surface area (Å²) in [5.74, 6) is -0.868. The zero-order chi connectivity index (χ0) is 20.4. The van der Waals surface area contributed by atoms with E-state index in [0.29, 0.717) is 16.8 Å². The van der Waals surface area contributed by atoms with Gasteiger partial charge in [0.1, 0.15) is 0 Å². The molecule has 1 heterocycles. The molecule has 0 bridgehead atoms. The minimum Gasteiger partial charge on any atom is -0.392 e. The van der Waals surface area contributed by atoms with Crippen molar-refractivity contribution in [3.05, 3.63) is 71.6 Å². The molecule has 0 unspecified atom stereocenters. The number of likely N-dealkylation sites (tertiary alicyclic amines) is 1. The van der Waals surface area contributed by atoms with E-state index in [2.05, 4.69) is 22.3 Å². The number of hydrogen-bond donors (Lipinski definition) is 3. The third-order valence-electron chi connectivity index (χ3n) is 5.90. The average molecular weight is 392 g/mol. The molecule has 4 rings (SSSR count). The summed E-state index contributed by atoms with van der Waals surface area (Å²) >= 11 is 0. The quantitative estimate of drug-likeness (QED) is 0.672. The first-order chi connectivity index (χ1) is 13.9. The summed E-state index contributed by atoms with van der Waals surface area (Å²) in [5.41, 5.74) is 8.35. The van der Waals surface area contributed by atoms with E-state index in [1.165, 1.54) is 12.0 Å². The van der Waals surface area contributed by atoms with E-state index in [1.807, 2.05) is 12.1 Å². The van der Waals surface area contributed by atoms with E-state index in [1.54, 1.807) is 24.3 Å². The van der Waals surface area contributed by atoms with Crippen LogP contribution in [0.25, 0.3) is 0 Å². The Morgan fingerprint density at radius 2 is 1.90 bits per heavy atom. The molecular weight excluding hydrogens is 366 g/mol. The summed E-state index contributed by atoms with van der Waals surface area (Å²) in [6.45, 7) is 2.70. The molecule has 1 atom stereocenters. The van der Waals surface area contributed by atoms with Crippen LogP contribution in [0.3, 0.4) is 0 Å². The van der Waals surface area contributed by atoms with Gasteiger partial charge in [-0.1, -0.05) is 30.3 Å². The SMILES string of the molecule is NC(=O)c1ccccc1[CH]C(=O)Nc1ccc(C2(CN3CC[C@@H](O)C3)CC2)cc1. The Kier molecular flexibility index (Phi) is 5.39. The predicted molar refractivity (Wildman–Crippen MR) is 111 cm³/mol. The van der Waals surface area contributed by atoms with Crippen LogP contribution in [0.1, 0.15) is 40.7 Å². The van der Waals surface area contributed by atoms with Gasteiger partial charge in [0.2, 0.25) is 11.8 Å². The molecule has 6 heteroatoms. The Morgan fingerprint density at radius 1 is 1.17 bits per heavy atom. The van der Waals surface area contributed by atoms with Crippen molar-refractivity contribution in [2.75, 3.05) is 25.0 Å². The van der Waals surface area contributed by atoms with E-state index in [9.17, 15) is 14.7 Å². The normalized spacial score (nSPS) is 20.4. The maximum absolute atomic E-state index is 12.4. The van der Waals surface area contributed by atoms with Crippen LogP contribution in [-0.4, -0.2) is 47.6 Å². The summed E-state index contributed by atoms with van der Waals surface area (Å²) in [6, 6.07) is 14.7. The number of carbonyl (C=O) groups is 2. The molecule has 0 aromatic heterocycles. The fraction of sp³-hybridized carbons (Fsp3) is 0.348. The number of amides is 2. The number of nitrogens with two attached hydrogens (primary N) is 1. The molecule has 0 spiro atoms. The summed E-state index contributed by atoms with van der Waals surface area (Å²) in [7, 11) is 0. The van der Waals surface area contributed by atoms with E-state index in [4.69, 9.17) is 5.73 Å². The Labute approximate surface area is 170 Å². The molecular formula is C23H26N3O3. The molecule has 2 fully saturated rings. The Hall–Kier alpha value is -2.70. The van der Waals surface area contributed by atoms with Gasteiger partial charge in [-0.25, -0.2) is 0 Å². The number of aliphatic hydroxyl groups excluding tert-OH is 1. The van der Waals surface area contributed by atoms with Gasteiger partial charge in [-0.05, 0) is 48.6 Å². The van der Waals surface area contributed by atoms with E-state index >= 15 is 0 Å². The van der Waals surface area contributed by atoms with Gasteiger partial charge in [0, 0.05) is 36.3 Å². The minimum absolute atomic E-state index is 0.180. The number of nitrogens with zero attached hydrogens (tertiary/aromatic N) is 1.